The summed E-state index contributed by atoms with van der Waals surface area (Å²) in [5.74, 6) is 0.318. The predicted molar refractivity (Wildman–Crippen MR) is 86.6 cm³/mol. The van der Waals surface area contributed by atoms with Crippen molar-refractivity contribution in [3.05, 3.63) is 22.9 Å². The smallest absolute Gasteiger partial charge is 0.244 e. The summed E-state index contributed by atoms with van der Waals surface area (Å²) in [4.78, 5) is 6.57. The zero-order valence-electron chi connectivity index (χ0n) is 12.7. The lowest BCUT2D eigenvalue weighted by atomic mass is 9.94. The molecule has 5 nitrogen and oxygen atoms in total. The second kappa shape index (κ2) is 6.73. The van der Waals surface area contributed by atoms with Gasteiger partial charge in [0.15, 0.2) is 0 Å². The van der Waals surface area contributed by atoms with Crippen LogP contribution < -0.4 is 0 Å². The van der Waals surface area contributed by atoms with Crippen LogP contribution in [0.4, 0.5) is 0 Å². The molecule has 2 unspecified atom stereocenters. The maximum atomic E-state index is 12.7. The maximum absolute atomic E-state index is 12.7. The van der Waals surface area contributed by atoms with Crippen LogP contribution in [0.1, 0.15) is 20.3 Å². The molecule has 0 amide bonds. The van der Waals surface area contributed by atoms with Gasteiger partial charge in [0.1, 0.15) is 4.90 Å². The van der Waals surface area contributed by atoms with Crippen LogP contribution in [0.25, 0.3) is 0 Å². The molecule has 0 N–H and O–H groups in total. The molecule has 21 heavy (non-hydrogen) atoms. The Labute approximate surface area is 135 Å². The fourth-order valence-electron chi connectivity index (χ4n) is 2.92. The van der Waals surface area contributed by atoms with Gasteiger partial charge in [0.25, 0.3) is 0 Å². The first kappa shape index (κ1) is 16.9. The van der Waals surface area contributed by atoms with E-state index in [0.29, 0.717) is 10.4 Å². The summed E-state index contributed by atoms with van der Waals surface area (Å²) >= 11 is 3.28. The predicted octanol–water partition coefficient (Wildman–Crippen LogP) is 2.19. The highest BCUT2D eigenvalue weighted by Crippen LogP contribution is 2.26. The molecule has 0 radical (unpaired) electrons. The SMILES string of the molecule is CCN1CCC(N(C)S(=O)(=O)c2cncc(Br)c2)C(C)C1. The lowest BCUT2D eigenvalue weighted by Crippen LogP contribution is -2.50. The minimum Gasteiger partial charge on any atom is -0.303 e. The van der Waals surface area contributed by atoms with E-state index >= 15 is 0 Å². The zero-order valence-corrected chi connectivity index (χ0v) is 15.1. The van der Waals surface area contributed by atoms with Crippen LogP contribution in [0, 0.1) is 5.92 Å². The number of likely N-dealkylation sites (tertiary alicyclic amines) is 1. The largest absolute Gasteiger partial charge is 0.303 e. The van der Waals surface area contributed by atoms with Crippen molar-refractivity contribution >= 4 is 26.0 Å². The molecular weight excluding hydrogens is 354 g/mol. The summed E-state index contributed by atoms with van der Waals surface area (Å²) in [6.45, 7) is 7.17. The number of pyridine rings is 1. The third-order valence-corrected chi connectivity index (χ3v) is 6.50. The van der Waals surface area contributed by atoms with E-state index in [1.54, 1.807) is 19.3 Å². The van der Waals surface area contributed by atoms with Crippen molar-refractivity contribution in [2.45, 2.75) is 31.2 Å². The van der Waals surface area contributed by atoms with Gasteiger partial charge in [-0.3, -0.25) is 4.98 Å². The van der Waals surface area contributed by atoms with E-state index in [4.69, 9.17) is 0 Å². The number of sulfonamides is 1. The van der Waals surface area contributed by atoms with Gasteiger partial charge in [0.05, 0.1) is 0 Å². The third-order valence-electron chi connectivity index (χ3n) is 4.22. The molecule has 0 saturated carbocycles. The molecule has 1 aliphatic rings. The fourth-order valence-corrected chi connectivity index (χ4v) is 4.91. The monoisotopic (exact) mass is 375 g/mol. The Morgan fingerprint density at radius 3 is 2.76 bits per heavy atom. The van der Waals surface area contributed by atoms with Crippen molar-refractivity contribution in [3.8, 4) is 0 Å². The molecule has 2 heterocycles. The third kappa shape index (κ3) is 3.64. The molecule has 0 spiro atoms. The first-order valence-corrected chi connectivity index (χ1v) is 9.40. The molecule has 2 atom stereocenters. The van der Waals surface area contributed by atoms with Gasteiger partial charge in [-0.05, 0) is 47.4 Å². The van der Waals surface area contributed by atoms with Gasteiger partial charge >= 0.3 is 0 Å². The minimum absolute atomic E-state index is 0.0387. The lowest BCUT2D eigenvalue weighted by molar-refractivity contribution is 0.123. The van der Waals surface area contributed by atoms with Gasteiger partial charge in [-0.2, -0.15) is 4.31 Å². The van der Waals surface area contributed by atoms with Crippen molar-refractivity contribution in [1.29, 1.82) is 0 Å². The summed E-state index contributed by atoms with van der Waals surface area (Å²) in [5.41, 5.74) is 0. The molecular formula is C14H22BrN3O2S. The molecule has 0 aliphatic carbocycles. The Balaban J connectivity index is 2.21. The summed E-state index contributed by atoms with van der Waals surface area (Å²) < 4.78 is 27.7. The molecule has 1 fully saturated rings. The molecule has 0 aromatic carbocycles. The van der Waals surface area contributed by atoms with Crippen molar-refractivity contribution in [2.75, 3.05) is 26.7 Å². The lowest BCUT2D eigenvalue weighted by Gasteiger charge is -2.40. The number of hydrogen-bond acceptors (Lipinski definition) is 4. The van der Waals surface area contributed by atoms with E-state index in [-0.39, 0.29) is 10.9 Å². The van der Waals surface area contributed by atoms with Gasteiger partial charge in [0, 0.05) is 36.5 Å². The van der Waals surface area contributed by atoms with Crippen LogP contribution in [0.3, 0.4) is 0 Å². The number of aromatic nitrogens is 1. The van der Waals surface area contributed by atoms with Crippen molar-refractivity contribution < 1.29 is 8.42 Å². The van der Waals surface area contributed by atoms with E-state index in [1.165, 1.54) is 10.5 Å². The first-order chi connectivity index (χ1) is 9.86. The fraction of sp³-hybridized carbons (Fsp3) is 0.643. The standard InChI is InChI=1S/C14H22BrN3O2S/c1-4-18-6-5-14(11(2)10-18)17(3)21(19,20)13-7-12(15)8-16-9-13/h7-9,11,14H,4-6,10H2,1-3H3. The van der Waals surface area contributed by atoms with Gasteiger partial charge < -0.3 is 4.90 Å². The minimum atomic E-state index is -3.50. The molecule has 0 bridgehead atoms. The molecule has 1 aliphatic heterocycles. The maximum Gasteiger partial charge on any atom is 0.244 e. The number of piperidine rings is 1. The number of hydrogen-bond donors (Lipinski definition) is 0. The second-order valence-corrected chi connectivity index (χ2v) is 8.50. The van der Waals surface area contributed by atoms with Gasteiger partial charge in [0.2, 0.25) is 10.0 Å². The van der Waals surface area contributed by atoms with Crippen molar-refractivity contribution in [2.24, 2.45) is 5.92 Å². The Bertz CT molecular complexity index is 594. The van der Waals surface area contributed by atoms with Crippen molar-refractivity contribution in [1.82, 2.24) is 14.2 Å². The second-order valence-electron chi connectivity index (χ2n) is 5.59. The van der Waals surface area contributed by atoms with Crippen molar-refractivity contribution in [3.63, 3.8) is 0 Å². The van der Waals surface area contributed by atoms with Gasteiger partial charge in [-0.1, -0.05) is 13.8 Å². The zero-order chi connectivity index (χ0) is 15.6. The first-order valence-electron chi connectivity index (χ1n) is 7.17. The van der Waals surface area contributed by atoms with Gasteiger partial charge in [-0.25, -0.2) is 8.42 Å². The van der Waals surface area contributed by atoms with Crippen LogP contribution in [0.5, 0.6) is 0 Å². The van der Waals surface area contributed by atoms with Crippen LogP contribution >= 0.6 is 15.9 Å². The average Bonchev–Trinajstić information content (AvgIpc) is 2.46. The number of halogens is 1. The summed E-state index contributed by atoms with van der Waals surface area (Å²) in [7, 11) is -1.82. The van der Waals surface area contributed by atoms with Crippen LogP contribution in [-0.4, -0.2) is 55.3 Å². The summed E-state index contributed by atoms with van der Waals surface area (Å²) in [5, 5.41) is 0. The van der Waals surface area contributed by atoms with Crippen LogP contribution in [0.2, 0.25) is 0 Å². The molecule has 1 saturated heterocycles. The topological polar surface area (TPSA) is 53.5 Å². The van der Waals surface area contributed by atoms with E-state index in [9.17, 15) is 8.42 Å². The molecule has 7 heteroatoms. The number of rotatable bonds is 4. The molecule has 1 aromatic rings. The van der Waals surface area contributed by atoms with E-state index in [2.05, 4.69) is 39.7 Å². The highest BCUT2D eigenvalue weighted by molar-refractivity contribution is 9.10. The number of nitrogens with zero attached hydrogens (tertiary/aromatic N) is 3. The van der Waals surface area contributed by atoms with Gasteiger partial charge in [-0.15, -0.1) is 0 Å². The Morgan fingerprint density at radius 2 is 2.19 bits per heavy atom. The molecule has 1 aromatic heterocycles. The quantitative estimate of drug-likeness (QED) is 0.809. The highest BCUT2D eigenvalue weighted by Gasteiger charge is 2.35. The van der Waals surface area contributed by atoms with Crippen LogP contribution in [0.15, 0.2) is 27.8 Å². The highest BCUT2D eigenvalue weighted by atomic mass is 79.9. The molecule has 118 valence electrons. The van der Waals surface area contributed by atoms with E-state index in [0.717, 1.165) is 26.1 Å². The van der Waals surface area contributed by atoms with E-state index < -0.39 is 10.0 Å². The summed E-state index contributed by atoms with van der Waals surface area (Å²) in [6, 6.07) is 1.64. The Hall–Kier alpha value is -0.500. The Morgan fingerprint density at radius 1 is 1.48 bits per heavy atom. The average molecular weight is 376 g/mol. The Kier molecular flexibility index (Phi) is 5.40. The summed E-state index contributed by atoms with van der Waals surface area (Å²) in [6.07, 6.45) is 3.86. The van der Waals surface area contributed by atoms with Crippen LogP contribution in [-0.2, 0) is 10.0 Å². The van der Waals surface area contributed by atoms with E-state index in [1.807, 2.05) is 0 Å². The molecule has 2 rings (SSSR count). The normalized spacial score (nSPS) is 24.4.